The van der Waals surface area contributed by atoms with E-state index in [0.717, 1.165) is 37.4 Å². The molecule has 0 radical (unpaired) electrons. The Bertz CT molecular complexity index is 749. The summed E-state index contributed by atoms with van der Waals surface area (Å²) in [5.41, 5.74) is 0.436. The molecule has 140 valence electrons. The minimum absolute atomic E-state index is 0.105. The standard InChI is InChI=1S/C18H24ClN5O2/c1-18(2,3)26-17(25)21-13-4-7-23(8-5-13)16-11-14(10-15(19)22-16)24-9-6-20-12-24/h6,9-13H,4-5,7-8H2,1-3H3,(H,21,25). The summed E-state index contributed by atoms with van der Waals surface area (Å²) in [5.74, 6) is 0.830. The van der Waals surface area contributed by atoms with Crippen LogP contribution in [0.3, 0.4) is 0 Å². The number of pyridine rings is 1. The van der Waals surface area contributed by atoms with E-state index in [0.29, 0.717) is 5.15 Å². The summed E-state index contributed by atoms with van der Waals surface area (Å²) in [6.45, 7) is 7.15. The molecule has 0 aromatic carbocycles. The highest BCUT2D eigenvalue weighted by Crippen LogP contribution is 2.24. The zero-order valence-corrected chi connectivity index (χ0v) is 16.0. The van der Waals surface area contributed by atoms with Crippen LogP contribution >= 0.6 is 11.6 Å². The van der Waals surface area contributed by atoms with Crippen molar-refractivity contribution in [2.24, 2.45) is 0 Å². The van der Waals surface area contributed by atoms with Gasteiger partial charge in [0.05, 0.1) is 12.0 Å². The average molecular weight is 378 g/mol. The van der Waals surface area contributed by atoms with Crippen molar-refractivity contribution in [3.8, 4) is 5.69 Å². The van der Waals surface area contributed by atoms with Crippen molar-refractivity contribution < 1.29 is 9.53 Å². The molecule has 0 unspecified atom stereocenters. The maximum Gasteiger partial charge on any atom is 0.407 e. The van der Waals surface area contributed by atoms with Crippen LogP contribution in [0.25, 0.3) is 5.69 Å². The van der Waals surface area contributed by atoms with Crippen molar-refractivity contribution in [2.45, 2.75) is 45.3 Å². The number of nitrogens with zero attached hydrogens (tertiary/aromatic N) is 4. The second-order valence-corrected chi connectivity index (χ2v) is 7.77. The topological polar surface area (TPSA) is 72.3 Å². The molecule has 8 heteroatoms. The molecule has 7 nitrogen and oxygen atoms in total. The summed E-state index contributed by atoms with van der Waals surface area (Å²) in [6.07, 6.45) is 6.61. The highest BCUT2D eigenvalue weighted by Gasteiger charge is 2.24. The van der Waals surface area contributed by atoms with Crippen LogP contribution in [0.4, 0.5) is 10.6 Å². The first-order valence-corrected chi connectivity index (χ1v) is 9.08. The fraction of sp³-hybridized carbons (Fsp3) is 0.500. The largest absolute Gasteiger partial charge is 0.444 e. The fourth-order valence-corrected chi connectivity index (χ4v) is 3.12. The van der Waals surface area contributed by atoms with Gasteiger partial charge in [-0.15, -0.1) is 0 Å². The van der Waals surface area contributed by atoms with E-state index in [-0.39, 0.29) is 12.1 Å². The summed E-state index contributed by atoms with van der Waals surface area (Å²) in [6, 6.07) is 3.91. The lowest BCUT2D eigenvalue weighted by Gasteiger charge is -2.33. The van der Waals surface area contributed by atoms with E-state index in [2.05, 4.69) is 20.2 Å². The van der Waals surface area contributed by atoms with Gasteiger partial charge >= 0.3 is 6.09 Å². The van der Waals surface area contributed by atoms with Crippen LogP contribution in [0.1, 0.15) is 33.6 Å². The van der Waals surface area contributed by atoms with Crippen LogP contribution in [-0.4, -0.2) is 45.4 Å². The highest BCUT2D eigenvalue weighted by atomic mass is 35.5. The first-order chi connectivity index (χ1) is 12.3. The van der Waals surface area contributed by atoms with E-state index in [9.17, 15) is 4.79 Å². The van der Waals surface area contributed by atoms with Crippen LogP contribution in [-0.2, 0) is 4.74 Å². The number of hydrogen-bond donors (Lipinski definition) is 1. The predicted molar refractivity (Wildman–Crippen MR) is 101 cm³/mol. The Hall–Kier alpha value is -2.28. The third kappa shape index (κ3) is 4.88. The van der Waals surface area contributed by atoms with Crippen molar-refractivity contribution in [3.05, 3.63) is 36.0 Å². The number of rotatable bonds is 3. The van der Waals surface area contributed by atoms with Crippen molar-refractivity contribution >= 4 is 23.5 Å². The second kappa shape index (κ2) is 7.53. The zero-order valence-electron chi connectivity index (χ0n) is 15.3. The summed E-state index contributed by atoms with van der Waals surface area (Å²) in [4.78, 5) is 22.6. The normalized spacial score (nSPS) is 15.8. The molecular formula is C18H24ClN5O2. The van der Waals surface area contributed by atoms with Crippen LogP contribution in [0.5, 0.6) is 0 Å². The lowest BCUT2D eigenvalue weighted by molar-refractivity contribution is 0.0497. The Kier molecular flexibility index (Phi) is 5.36. The van der Waals surface area contributed by atoms with E-state index in [1.54, 1.807) is 12.5 Å². The number of amides is 1. The van der Waals surface area contributed by atoms with Gasteiger partial charge in [-0.3, -0.25) is 0 Å². The molecule has 0 atom stereocenters. The molecule has 0 aliphatic carbocycles. The number of imidazole rings is 1. The van der Waals surface area contributed by atoms with Crippen molar-refractivity contribution in [1.29, 1.82) is 0 Å². The number of piperidine rings is 1. The molecule has 2 aromatic heterocycles. The van der Waals surface area contributed by atoms with E-state index in [4.69, 9.17) is 16.3 Å². The van der Waals surface area contributed by atoms with Gasteiger partial charge in [-0.25, -0.2) is 14.8 Å². The number of hydrogen-bond acceptors (Lipinski definition) is 5. The van der Waals surface area contributed by atoms with Crippen LogP contribution < -0.4 is 10.2 Å². The molecule has 1 amide bonds. The lowest BCUT2D eigenvalue weighted by Crippen LogP contribution is -2.46. The number of halogens is 1. The van der Waals surface area contributed by atoms with Gasteiger partial charge < -0.3 is 19.5 Å². The van der Waals surface area contributed by atoms with E-state index < -0.39 is 5.60 Å². The van der Waals surface area contributed by atoms with Gasteiger partial charge in [0.2, 0.25) is 0 Å². The van der Waals surface area contributed by atoms with Gasteiger partial charge in [0.1, 0.15) is 16.6 Å². The zero-order chi connectivity index (χ0) is 18.7. The molecule has 3 rings (SSSR count). The number of carbonyl (C=O) groups is 1. The maximum absolute atomic E-state index is 11.9. The first-order valence-electron chi connectivity index (χ1n) is 8.70. The van der Waals surface area contributed by atoms with Crippen molar-refractivity contribution in [3.63, 3.8) is 0 Å². The third-order valence-corrected chi connectivity index (χ3v) is 4.30. The number of carbonyl (C=O) groups excluding carboxylic acids is 1. The van der Waals surface area contributed by atoms with Gasteiger partial charge in [0, 0.05) is 37.6 Å². The van der Waals surface area contributed by atoms with Crippen LogP contribution in [0, 0.1) is 0 Å². The van der Waals surface area contributed by atoms with Crippen LogP contribution in [0.2, 0.25) is 5.15 Å². The summed E-state index contributed by atoms with van der Waals surface area (Å²) < 4.78 is 7.22. The smallest absolute Gasteiger partial charge is 0.407 e. The molecule has 2 aromatic rings. The molecule has 0 spiro atoms. The molecular weight excluding hydrogens is 354 g/mol. The number of ether oxygens (including phenoxy) is 1. The summed E-state index contributed by atoms with van der Waals surface area (Å²) in [7, 11) is 0. The minimum Gasteiger partial charge on any atom is -0.444 e. The monoisotopic (exact) mass is 377 g/mol. The fourth-order valence-electron chi connectivity index (χ4n) is 2.92. The Balaban J connectivity index is 1.61. The lowest BCUT2D eigenvalue weighted by atomic mass is 10.1. The SMILES string of the molecule is CC(C)(C)OC(=O)NC1CCN(c2cc(-n3ccnc3)cc(Cl)n2)CC1. The molecule has 1 fully saturated rings. The Labute approximate surface area is 158 Å². The summed E-state index contributed by atoms with van der Waals surface area (Å²) in [5, 5.41) is 3.39. The molecule has 1 aliphatic rings. The molecule has 0 saturated carbocycles. The van der Waals surface area contributed by atoms with Gasteiger partial charge in [-0.1, -0.05) is 11.6 Å². The first kappa shape index (κ1) is 18.5. The molecule has 1 N–H and O–H groups in total. The molecule has 1 aliphatic heterocycles. The number of aromatic nitrogens is 3. The van der Waals surface area contributed by atoms with Crippen LogP contribution in [0.15, 0.2) is 30.9 Å². The number of alkyl carbamates (subject to hydrolysis) is 1. The minimum atomic E-state index is -0.487. The predicted octanol–water partition coefficient (Wildman–Crippen LogP) is 3.41. The Morgan fingerprint density at radius 1 is 1.31 bits per heavy atom. The quantitative estimate of drug-likeness (QED) is 0.830. The van der Waals surface area contributed by atoms with Gasteiger partial charge in [0.15, 0.2) is 0 Å². The molecule has 3 heterocycles. The van der Waals surface area contributed by atoms with Gasteiger partial charge in [-0.2, -0.15) is 0 Å². The number of anilines is 1. The van der Waals surface area contributed by atoms with Crippen molar-refractivity contribution in [2.75, 3.05) is 18.0 Å². The van der Waals surface area contributed by atoms with E-state index in [1.807, 2.05) is 43.7 Å². The maximum atomic E-state index is 11.9. The third-order valence-electron chi connectivity index (χ3n) is 4.11. The highest BCUT2D eigenvalue weighted by molar-refractivity contribution is 6.29. The summed E-state index contributed by atoms with van der Waals surface area (Å²) >= 11 is 6.20. The Morgan fingerprint density at radius 3 is 2.65 bits per heavy atom. The van der Waals surface area contributed by atoms with E-state index >= 15 is 0 Å². The molecule has 1 saturated heterocycles. The second-order valence-electron chi connectivity index (χ2n) is 7.38. The van der Waals surface area contributed by atoms with Gasteiger partial charge in [-0.05, 0) is 39.7 Å². The Morgan fingerprint density at radius 2 is 2.04 bits per heavy atom. The van der Waals surface area contributed by atoms with E-state index in [1.165, 1.54) is 0 Å². The molecule has 0 bridgehead atoms. The van der Waals surface area contributed by atoms with Gasteiger partial charge in [0.25, 0.3) is 0 Å². The van der Waals surface area contributed by atoms with Crippen molar-refractivity contribution in [1.82, 2.24) is 19.9 Å². The number of nitrogens with one attached hydrogen (secondary N) is 1. The average Bonchev–Trinajstić information content (AvgIpc) is 3.07. The molecule has 26 heavy (non-hydrogen) atoms.